The van der Waals surface area contributed by atoms with E-state index >= 15 is 0 Å². The van der Waals surface area contributed by atoms with Crippen molar-refractivity contribution in [3.05, 3.63) is 60.7 Å². The number of benzene rings is 2. The molecule has 2 rings (SSSR count). The van der Waals surface area contributed by atoms with E-state index in [4.69, 9.17) is 4.74 Å². The average molecular weight is 362 g/mol. The molecule has 0 spiro atoms. The van der Waals surface area contributed by atoms with Crippen molar-refractivity contribution in [3.63, 3.8) is 0 Å². The van der Waals surface area contributed by atoms with Crippen LogP contribution < -0.4 is 10.3 Å². The van der Waals surface area contributed by atoms with Gasteiger partial charge in [-0.05, 0) is 40.2 Å². The molecule has 5 nitrogen and oxygen atoms in total. The molecule has 2 aromatic rings. The number of rotatable bonds is 5. The van der Waals surface area contributed by atoms with E-state index in [0.29, 0.717) is 4.62 Å². The summed E-state index contributed by atoms with van der Waals surface area (Å²) in [5.74, 6) is 0. The first kappa shape index (κ1) is 16.0. The fraction of sp³-hybridized carbons (Fsp3) is 0.125. The number of carbonyl (C=O) groups is 1. The number of amides is 1. The second kappa shape index (κ2) is 8.19. The second-order valence-electron chi connectivity index (χ2n) is 4.36. The first-order chi connectivity index (χ1) is 10.7. The van der Waals surface area contributed by atoms with Crippen LogP contribution >= 0.6 is 15.9 Å². The van der Waals surface area contributed by atoms with E-state index in [1.807, 2.05) is 60.7 Å². The molecule has 2 aromatic carbocycles. The van der Waals surface area contributed by atoms with Crippen molar-refractivity contribution >= 4 is 38.0 Å². The fourth-order valence-electron chi connectivity index (χ4n) is 1.78. The zero-order valence-electron chi connectivity index (χ0n) is 12.1. The molecule has 22 heavy (non-hydrogen) atoms. The van der Waals surface area contributed by atoms with Gasteiger partial charge in [0.2, 0.25) is 0 Å². The first-order valence-electron chi connectivity index (χ1n) is 6.64. The number of hydrazone groups is 1. The number of nitrogens with one attached hydrogen (secondary N) is 1. The third-order valence-corrected chi connectivity index (χ3v) is 3.26. The third kappa shape index (κ3) is 4.60. The van der Waals surface area contributed by atoms with Gasteiger partial charge >= 0.3 is 6.09 Å². The summed E-state index contributed by atoms with van der Waals surface area (Å²) in [6.45, 7) is 0.260. The van der Waals surface area contributed by atoms with Crippen LogP contribution in [0.4, 0.5) is 16.2 Å². The van der Waals surface area contributed by atoms with Gasteiger partial charge in [-0.2, -0.15) is 5.10 Å². The minimum absolute atomic E-state index is 0.260. The van der Waals surface area contributed by atoms with Crippen LogP contribution in [0, 0.1) is 0 Å². The molecular weight excluding hydrogens is 346 g/mol. The molecule has 1 N–H and O–H groups in total. The molecule has 0 aliphatic rings. The summed E-state index contributed by atoms with van der Waals surface area (Å²) in [6.07, 6.45) is -0.446. The van der Waals surface area contributed by atoms with E-state index in [0.717, 1.165) is 11.4 Å². The quantitative estimate of drug-likeness (QED) is 0.644. The topological polar surface area (TPSA) is 53.9 Å². The SMILES string of the molecule is COC(=O)N(CC(Br)=NNc1ccccc1)c1ccccc1. The lowest BCUT2D eigenvalue weighted by Crippen LogP contribution is -2.34. The first-order valence-corrected chi connectivity index (χ1v) is 7.43. The molecule has 0 aliphatic carbocycles. The van der Waals surface area contributed by atoms with Crippen molar-refractivity contribution < 1.29 is 9.53 Å². The van der Waals surface area contributed by atoms with E-state index in [-0.39, 0.29) is 6.54 Å². The predicted molar refractivity (Wildman–Crippen MR) is 92.6 cm³/mol. The maximum absolute atomic E-state index is 11.9. The van der Waals surface area contributed by atoms with Gasteiger partial charge in [0.15, 0.2) is 0 Å². The molecule has 6 heteroatoms. The molecule has 1 amide bonds. The van der Waals surface area contributed by atoms with Gasteiger partial charge in [-0.1, -0.05) is 36.4 Å². The van der Waals surface area contributed by atoms with E-state index in [1.165, 1.54) is 12.0 Å². The lowest BCUT2D eigenvalue weighted by Gasteiger charge is -2.20. The number of hydrogen-bond acceptors (Lipinski definition) is 4. The van der Waals surface area contributed by atoms with E-state index in [9.17, 15) is 4.79 Å². The molecule has 0 bridgehead atoms. The summed E-state index contributed by atoms with van der Waals surface area (Å²) in [6, 6.07) is 18.8. The molecule has 0 aliphatic heterocycles. The summed E-state index contributed by atoms with van der Waals surface area (Å²) in [5.41, 5.74) is 4.52. The van der Waals surface area contributed by atoms with Crippen LogP contribution in [-0.4, -0.2) is 24.4 Å². The van der Waals surface area contributed by atoms with Gasteiger partial charge in [0.05, 0.1) is 19.3 Å². The van der Waals surface area contributed by atoms with Crippen molar-refractivity contribution in [2.45, 2.75) is 0 Å². The lowest BCUT2D eigenvalue weighted by molar-refractivity contribution is 0.179. The molecule has 0 heterocycles. The Balaban J connectivity index is 2.08. The molecule has 0 saturated heterocycles. The van der Waals surface area contributed by atoms with Crippen LogP contribution in [0.2, 0.25) is 0 Å². The van der Waals surface area contributed by atoms with Crippen molar-refractivity contribution in [2.24, 2.45) is 5.10 Å². The van der Waals surface area contributed by atoms with Gasteiger partial charge in [0, 0.05) is 5.69 Å². The minimum atomic E-state index is -0.446. The van der Waals surface area contributed by atoms with E-state index < -0.39 is 6.09 Å². The van der Waals surface area contributed by atoms with Crippen LogP contribution in [-0.2, 0) is 4.74 Å². The normalized spacial score (nSPS) is 10.9. The van der Waals surface area contributed by atoms with Gasteiger partial charge < -0.3 is 4.74 Å². The number of anilines is 2. The summed E-state index contributed by atoms with van der Waals surface area (Å²) in [5, 5.41) is 4.21. The Morgan fingerprint density at radius 2 is 1.73 bits per heavy atom. The van der Waals surface area contributed by atoms with E-state index in [2.05, 4.69) is 26.5 Å². The van der Waals surface area contributed by atoms with Crippen molar-refractivity contribution in [2.75, 3.05) is 24.0 Å². The molecule has 0 unspecified atom stereocenters. The molecule has 0 fully saturated rings. The highest BCUT2D eigenvalue weighted by molar-refractivity contribution is 9.18. The smallest absolute Gasteiger partial charge is 0.414 e. The van der Waals surface area contributed by atoms with Crippen molar-refractivity contribution in [1.82, 2.24) is 0 Å². The monoisotopic (exact) mass is 361 g/mol. The van der Waals surface area contributed by atoms with Gasteiger partial charge in [-0.15, -0.1) is 0 Å². The Morgan fingerprint density at radius 1 is 1.14 bits per heavy atom. The Kier molecular flexibility index (Phi) is 5.97. The van der Waals surface area contributed by atoms with Crippen LogP contribution in [0.25, 0.3) is 0 Å². The van der Waals surface area contributed by atoms with Crippen LogP contribution in [0.15, 0.2) is 65.8 Å². The lowest BCUT2D eigenvalue weighted by atomic mass is 10.3. The van der Waals surface area contributed by atoms with E-state index in [1.54, 1.807) is 0 Å². The van der Waals surface area contributed by atoms with Crippen LogP contribution in [0.5, 0.6) is 0 Å². The highest BCUT2D eigenvalue weighted by Gasteiger charge is 2.17. The number of carbonyl (C=O) groups excluding carboxylic acids is 1. The Hall–Kier alpha value is -2.34. The summed E-state index contributed by atoms with van der Waals surface area (Å²) >= 11 is 3.37. The second-order valence-corrected chi connectivity index (χ2v) is 5.27. The largest absolute Gasteiger partial charge is 0.452 e. The average Bonchev–Trinajstić information content (AvgIpc) is 2.59. The highest BCUT2D eigenvalue weighted by atomic mass is 79.9. The van der Waals surface area contributed by atoms with Gasteiger partial charge in [0.25, 0.3) is 0 Å². The van der Waals surface area contributed by atoms with Crippen LogP contribution in [0.3, 0.4) is 0 Å². The maximum atomic E-state index is 11.9. The van der Waals surface area contributed by atoms with Crippen molar-refractivity contribution in [3.8, 4) is 0 Å². The van der Waals surface area contributed by atoms with Gasteiger partial charge in [-0.3, -0.25) is 10.3 Å². The third-order valence-electron chi connectivity index (χ3n) is 2.83. The molecule has 0 atom stereocenters. The summed E-state index contributed by atoms with van der Waals surface area (Å²) in [7, 11) is 1.35. The number of para-hydroxylation sites is 2. The standard InChI is InChI=1S/C16H16BrN3O2/c1-22-16(21)20(14-10-6-3-7-11-14)12-15(17)19-18-13-8-4-2-5-9-13/h2-11,18H,12H2,1H3. The molecule has 0 saturated carbocycles. The summed E-state index contributed by atoms with van der Waals surface area (Å²) in [4.78, 5) is 13.4. The molecular formula is C16H16BrN3O2. The van der Waals surface area contributed by atoms with Gasteiger partial charge in [-0.25, -0.2) is 4.79 Å². The number of nitrogens with zero attached hydrogens (tertiary/aromatic N) is 2. The molecule has 0 radical (unpaired) electrons. The Morgan fingerprint density at radius 3 is 2.32 bits per heavy atom. The number of halogens is 1. The number of hydrogen-bond donors (Lipinski definition) is 1. The van der Waals surface area contributed by atoms with Crippen LogP contribution in [0.1, 0.15) is 0 Å². The molecule has 114 valence electrons. The van der Waals surface area contributed by atoms with Gasteiger partial charge in [0.1, 0.15) is 4.62 Å². The number of methoxy groups -OCH3 is 1. The predicted octanol–water partition coefficient (Wildman–Crippen LogP) is 4.08. The molecule has 0 aromatic heterocycles. The zero-order valence-corrected chi connectivity index (χ0v) is 13.7. The minimum Gasteiger partial charge on any atom is -0.452 e. The van der Waals surface area contributed by atoms with Crippen molar-refractivity contribution in [1.29, 1.82) is 0 Å². The highest BCUT2D eigenvalue weighted by Crippen LogP contribution is 2.15. The zero-order chi connectivity index (χ0) is 15.8. The maximum Gasteiger partial charge on any atom is 0.414 e. The summed E-state index contributed by atoms with van der Waals surface area (Å²) < 4.78 is 5.40. The fourth-order valence-corrected chi connectivity index (χ4v) is 2.12. The Labute approximate surface area is 137 Å². The number of ether oxygens (including phenoxy) is 1. The Bertz CT molecular complexity index is 632.